The second kappa shape index (κ2) is 7.31. The van der Waals surface area contributed by atoms with E-state index in [1.165, 1.54) is 24.6 Å². The molecule has 2 aliphatic rings. The standard InChI is InChI=1S/C17H23ClN4OS/c1-10(2)9-22-15(18)13(11(3)21-22)8-14-16(23)20-17(24-14)19-12-6-4-5-7-12/h8,10,12H,4-7,9H2,1-3H3,(H,19,20,23). The SMILES string of the molecule is Cc1nn(CC(C)C)c(Cl)c1C=C1SC(=NC2CCCC2)NC1=O. The molecule has 0 bridgehead atoms. The molecule has 1 aliphatic heterocycles. The first-order valence-corrected chi connectivity index (χ1v) is 9.65. The van der Waals surface area contributed by atoms with Crippen LogP contribution in [-0.4, -0.2) is 26.9 Å². The van der Waals surface area contributed by atoms with E-state index in [2.05, 4.69) is 29.3 Å². The zero-order valence-electron chi connectivity index (χ0n) is 14.3. The average Bonchev–Trinajstić information content (AvgIpc) is 3.18. The molecule has 1 saturated heterocycles. The van der Waals surface area contributed by atoms with E-state index in [0.29, 0.717) is 27.2 Å². The Kier molecular flexibility index (Phi) is 5.35. The molecule has 2 heterocycles. The lowest BCUT2D eigenvalue weighted by molar-refractivity contribution is -0.115. The number of aliphatic imine (C=N–C) groups is 1. The summed E-state index contributed by atoms with van der Waals surface area (Å²) in [6.45, 7) is 6.92. The highest BCUT2D eigenvalue weighted by atomic mass is 35.5. The van der Waals surface area contributed by atoms with Crippen molar-refractivity contribution in [3.8, 4) is 0 Å². The summed E-state index contributed by atoms with van der Waals surface area (Å²) in [4.78, 5) is 17.5. The zero-order chi connectivity index (χ0) is 17.3. The van der Waals surface area contributed by atoms with Gasteiger partial charge in [-0.15, -0.1) is 0 Å². The quantitative estimate of drug-likeness (QED) is 0.819. The van der Waals surface area contributed by atoms with Gasteiger partial charge in [0.15, 0.2) is 5.17 Å². The highest BCUT2D eigenvalue weighted by Gasteiger charge is 2.26. The number of thioether (sulfide) groups is 1. The van der Waals surface area contributed by atoms with Crippen LogP contribution in [-0.2, 0) is 11.3 Å². The second-order valence-corrected chi connectivity index (χ2v) is 8.19. The minimum atomic E-state index is -0.108. The molecule has 7 heteroatoms. The largest absolute Gasteiger partial charge is 0.301 e. The van der Waals surface area contributed by atoms with Crippen LogP contribution < -0.4 is 5.32 Å². The van der Waals surface area contributed by atoms with Gasteiger partial charge in [-0.3, -0.25) is 14.5 Å². The predicted molar refractivity (Wildman–Crippen MR) is 100 cm³/mol. The molecule has 5 nitrogen and oxygen atoms in total. The van der Waals surface area contributed by atoms with Gasteiger partial charge in [-0.2, -0.15) is 5.10 Å². The van der Waals surface area contributed by atoms with Gasteiger partial charge in [-0.25, -0.2) is 0 Å². The highest BCUT2D eigenvalue weighted by molar-refractivity contribution is 8.18. The highest BCUT2D eigenvalue weighted by Crippen LogP contribution is 2.31. The van der Waals surface area contributed by atoms with Gasteiger partial charge < -0.3 is 5.32 Å². The van der Waals surface area contributed by atoms with Crippen LogP contribution in [0.15, 0.2) is 9.90 Å². The number of halogens is 1. The summed E-state index contributed by atoms with van der Waals surface area (Å²) in [6.07, 6.45) is 6.52. The number of amidine groups is 1. The molecule has 1 aromatic heterocycles. The lowest BCUT2D eigenvalue weighted by atomic mass is 10.2. The van der Waals surface area contributed by atoms with E-state index in [1.54, 1.807) is 4.68 Å². The number of aryl methyl sites for hydroxylation is 1. The van der Waals surface area contributed by atoms with E-state index in [0.717, 1.165) is 30.6 Å². The summed E-state index contributed by atoms with van der Waals surface area (Å²) >= 11 is 7.85. The fraction of sp³-hybridized carbons (Fsp3) is 0.588. The molecule has 1 amide bonds. The van der Waals surface area contributed by atoms with Gasteiger partial charge in [0.2, 0.25) is 0 Å². The zero-order valence-corrected chi connectivity index (χ0v) is 15.9. The summed E-state index contributed by atoms with van der Waals surface area (Å²) in [7, 11) is 0. The van der Waals surface area contributed by atoms with Crippen LogP contribution in [0.4, 0.5) is 0 Å². The second-order valence-electron chi connectivity index (χ2n) is 6.80. The summed E-state index contributed by atoms with van der Waals surface area (Å²) in [5.74, 6) is 0.348. The van der Waals surface area contributed by atoms with E-state index >= 15 is 0 Å². The number of carbonyl (C=O) groups is 1. The maximum Gasteiger partial charge on any atom is 0.264 e. The molecule has 2 fully saturated rings. The molecular formula is C17H23ClN4OS. The van der Waals surface area contributed by atoms with Crippen molar-refractivity contribution in [1.82, 2.24) is 15.1 Å². The van der Waals surface area contributed by atoms with Gasteiger partial charge in [-0.1, -0.05) is 38.3 Å². The molecule has 1 aromatic rings. The maximum absolute atomic E-state index is 12.2. The van der Waals surface area contributed by atoms with Crippen LogP contribution in [0.5, 0.6) is 0 Å². The number of hydrogen-bond acceptors (Lipinski definition) is 4. The molecule has 130 valence electrons. The lowest BCUT2D eigenvalue weighted by Gasteiger charge is -2.05. The first-order valence-electron chi connectivity index (χ1n) is 8.45. The fourth-order valence-electron chi connectivity index (χ4n) is 3.02. The number of amides is 1. The molecule has 0 spiro atoms. The minimum absolute atomic E-state index is 0.108. The molecule has 0 radical (unpaired) electrons. The number of rotatable bonds is 4. The van der Waals surface area contributed by atoms with E-state index in [9.17, 15) is 4.79 Å². The first kappa shape index (κ1) is 17.5. The van der Waals surface area contributed by atoms with Gasteiger partial charge in [0.05, 0.1) is 16.6 Å². The van der Waals surface area contributed by atoms with Crippen molar-refractivity contribution >= 4 is 40.5 Å². The van der Waals surface area contributed by atoms with Crippen LogP contribution in [0.25, 0.3) is 6.08 Å². The Labute approximate surface area is 151 Å². The molecule has 1 saturated carbocycles. The van der Waals surface area contributed by atoms with E-state index < -0.39 is 0 Å². The van der Waals surface area contributed by atoms with Crippen molar-refractivity contribution in [2.45, 2.75) is 59.0 Å². The van der Waals surface area contributed by atoms with Crippen molar-refractivity contribution in [2.75, 3.05) is 0 Å². The molecule has 1 N–H and O–H groups in total. The maximum atomic E-state index is 12.2. The molecule has 0 unspecified atom stereocenters. The molecule has 1 aliphatic carbocycles. The van der Waals surface area contributed by atoms with Gasteiger partial charge in [0.25, 0.3) is 5.91 Å². The number of aromatic nitrogens is 2. The average molecular weight is 367 g/mol. The Bertz CT molecular complexity index is 702. The van der Waals surface area contributed by atoms with Crippen LogP contribution in [0.1, 0.15) is 50.8 Å². The number of nitrogens with zero attached hydrogens (tertiary/aromatic N) is 3. The third-order valence-corrected chi connectivity index (χ3v) is 5.52. The Balaban J connectivity index is 1.81. The third-order valence-electron chi connectivity index (χ3n) is 4.20. The van der Waals surface area contributed by atoms with Crippen LogP contribution in [0, 0.1) is 12.8 Å². The molecule has 3 rings (SSSR count). The Morgan fingerprint density at radius 1 is 1.46 bits per heavy atom. The summed E-state index contributed by atoms with van der Waals surface area (Å²) in [6, 6.07) is 0.353. The van der Waals surface area contributed by atoms with Crippen molar-refractivity contribution < 1.29 is 4.79 Å². The minimum Gasteiger partial charge on any atom is -0.301 e. The van der Waals surface area contributed by atoms with Crippen molar-refractivity contribution in [3.05, 3.63) is 21.3 Å². The topological polar surface area (TPSA) is 59.3 Å². The Morgan fingerprint density at radius 3 is 2.83 bits per heavy atom. The van der Waals surface area contributed by atoms with Gasteiger partial charge in [-0.05, 0) is 43.5 Å². The van der Waals surface area contributed by atoms with E-state index in [4.69, 9.17) is 11.6 Å². The molecular weight excluding hydrogens is 344 g/mol. The Hall–Kier alpha value is -1.27. The first-order chi connectivity index (χ1) is 11.4. The van der Waals surface area contributed by atoms with E-state index in [-0.39, 0.29) is 5.91 Å². The van der Waals surface area contributed by atoms with Gasteiger partial charge >= 0.3 is 0 Å². The third kappa shape index (κ3) is 3.86. The smallest absolute Gasteiger partial charge is 0.264 e. The lowest BCUT2D eigenvalue weighted by Crippen LogP contribution is -2.21. The molecule has 24 heavy (non-hydrogen) atoms. The monoisotopic (exact) mass is 366 g/mol. The van der Waals surface area contributed by atoms with Crippen LogP contribution >= 0.6 is 23.4 Å². The summed E-state index contributed by atoms with van der Waals surface area (Å²) < 4.78 is 1.80. The van der Waals surface area contributed by atoms with Gasteiger partial charge in [0.1, 0.15) is 5.15 Å². The summed E-state index contributed by atoms with van der Waals surface area (Å²) in [5.41, 5.74) is 1.65. The number of carbonyl (C=O) groups excluding carboxylic acids is 1. The van der Waals surface area contributed by atoms with Gasteiger partial charge in [0, 0.05) is 12.1 Å². The van der Waals surface area contributed by atoms with Crippen LogP contribution in [0.2, 0.25) is 5.15 Å². The number of hydrogen-bond donors (Lipinski definition) is 1. The predicted octanol–water partition coefficient (Wildman–Crippen LogP) is 4.00. The van der Waals surface area contributed by atoms with Crippen LogP contribution in [0.3, 0.4) is 0 Å². The van der Waals surface area contributed by atoms with Crippen molar-refractivity contribution in [2.24, 2.45) is 10.9 Å². The van der Waals surface area contributed by atoms with Crippen molar-refractivity contribution in [1.29, 1.82) is 0 Å². The Morgan fingerprint density at radius 2 is 2.17 bits per heavy atom. The molecule has 0 atom stereocenters. The van der Waals surface area contributed by atoms with E-state index in [1.807, 2.05) is 13.0 Å². The number of nitrogens with one attached hydrogen (secondary N) is 1. The van der Waals surface area contributed by atoms with Crippen molar-refractivity contribution in [3.63, 3.8) is 0 Å². The fourth-order valence-corrected chi connectivity index (χ4v) is 4.19. The molecule has 0 aromatic carbocycles. The normalized spacial score (nSPS) is 22.3. The summed E-state index contributed by atoms with van der Waals surface area (Å²) in [5, 5.41) is 8.65.